The first-order chi connectivity index (χ1) is 31.3. The number of aromatic nitrogens is 5. The Labute approximate surface area is 360 Å². The maximum absolute atomic E-state index is 6.40. The van der Waals surface area contributed by atoms with E-state index >= 15 is 0 Å². The first-order valence-corrected chi connectivity index (χ1v) is 21.4. The lowest BCUT2D eigenvalue weighted by molar-refractivity contribution is 0.670. The molecule has 0 unspecified atom stereocenters. The Morgan fingerprint density at radius 1 is 0.365 bits per heavy atom. The number of nitrogens with zero attached hydrogens (tertiary/aromatic N) is 5. The molecule has 0 bridgehead atoms. The zero-order valence-corrected chi connectivity index (χ0v) is 33.9. The number of benzene rings is 9. The largest absolute Gasteiger partial charge is 0.455 e. The van der Waals surface area contributed by atoms with Crippen LogP contribution in [0.3, 0.4) is 0 Å². The lowest BCUT2D eigenvalue weighted by Gasteiger charge is -2.10. The van der Waals surface area contributed by atoms with Crippen LogP contribution < -0.4 is 0 Å². The van der Waals surface area contributed by atoms with E-state index in [-0.39, 0.29) is 0 Å². The van der Waals surface area contributed by atoms with Crippen LogP contribution >= 0.6 is 0 Å². The van der Waals surface area contributed by atoms with Crippen molar-refractivity contribution in [2.75, 3.05) is 0 Å². The monoisotopic (exact) mass is 805 g/mol. The van der Waals surface area contributed by atoms with Gasteiger partial charge in [0.15, 0.2) is 5.65 Å². The highest BCUT2D eigenvalue weighted by molar-refractivity contribution is 6.13. The number of fused-ring (bicyclic) bond motifs is 13. The van der Waals surface area contributed by atoms with Crippen LogP contribution in [0.2, 0.25) is 0 Å². The SMILES string of the molecule is c1ccc(-n2c3c4ccccc4n(-c4ccccc4)c3n3c4ccc(-c5ccc6c(c5)c5ccccc5n6-c5ccc(-c6cccc7c6oc6ccccc67)cc5)cc4nc23)cc1. The number of rotatable bonds is 5. The molecule has 294 valence electrons. The van der Waals surface area contributed by atoms with Gasteiger partial charge in [-0.15, -0.1) is 0 Å². The van der Waals surface area contributed by atoms with Gasteiger partial charge in [0.05, 0.1) is 27.6 Å². The van der Waals surface area contributed by atoms with Gasteiger partial charge in [0.1, 0.15) is 16.7 Å². The van der Waals surface area contributed by atoms with Crippen LogP contribution in [0.25, 0.3) is 122 Å². The molecule has 63 heavy (non-hydrogen) atoms. The topological polar surface area (TPSA) is 45.2 Å². The van der Waals surface area contributed by atoms with Crippen LogP contribution in [0.4, 0.5) is 0 Å². The van der Waals surface area contributed by atoms with Crippen molar-refractivity contribution in [1.82, 2.24) is 23.1 Å². The number of imidazole rings is 2. The normalized spacial score (nSPS) is 12.1. The van der Waals surface area contributed by atoms with Crippen LogP contribution in [-0.4, -0.2) is 23.1 Å². The molecule has 0 aliphatic carbocycles. The summed E-state index contributed by atoms with van der Waals surface area (Å²) in [5.74, 6) is 0.882. The molecule has 0 aliphatic rings. The summed E-state index contributed by atoms with van der Waals surface area (Å²) >= 11 is 0. The van der Waals surface area contributed by atoms with E-state index in [4.69, 9.17) is 9.40 Å². The van der Waals surface area contributed by atoms with Gasteiger partial charge in [0.2, 0.25) is 5.78 Å². The summed E-state index contributed by atoms with van der Waals surface area (Å²) in [5, 5.41) is 5.88. The predicted molar refractivity (Wildman–Crippen MR) is 259 cm³/mol. The molecule has 0 atom stereocenters. The third-order valence-corrected chi connectivity index (χ3v) is 13.0. The quantitative estimate of drug-likeness (QED) is 0.174. The summed E-state index contributed by atoms with van der Waals surface area (Å²) in [6.07, 6.45) is 0. The molecule has 14 aromatic rings. The lowest BCUT2D eigenvalue weighted by Crippen LogP contribution is -1.97. The highest BCUT2D eigenvalue weighted by Crippen LogP contribution is 2.41. The molecule has 9 aromatic carbocycles. The molecule has 0 radical (unpaired) electrons. The average Bonchev–Trinajstić information content (AvgIpc) is 4.15. The third-order valence-electron chi connectivity index (χ3n) is 13.0. The van der Waals surface area contributed by atoms with Crippen molar-refractivity contribution in [3.63, 3.8) is 0 Å². The molecule has 14 rings (SSSR count). The van der Waals surface area contributed by atoms with E-state index in [2.05, 4.69) is 218 Å². The predicted octanol–water partition coefficient (Wildman–Crippen LogP) is 14.7. The van der Waals surface area contributed by atoms with E-state index in [1.807, 2.05) is 12.1 Å². The van der Waals surface area contributed by atoms with Gasteiger partial charge in [0.25, 0.3) is 0 Å². The molecule has 0 fully saturated rings. The molecule has 0 saturated heterocycles. The Hall–Kier alpha value is -8.61. The second-order valence-electron chi connectivity index (χ2n) is 16.4. The fourth-order valence-corrected chi connectivity index (χ4v) is 10.2. The van der Waals surface area contributed by atoms with Crippen LogP contribution in [-0.2, 0) is 0 Å². The van der Waals surface area contributed by atoms with Crippen molar-refractivity contribution < 1.29 is 4.42 Å². The average molecular weight is 806 g/mol. The minimum absolute atomic E-state index is 0.882. The molecule has 0 spiro atoms. The number of hydrogen-bond acceptors (Lipinski definition) is 2. The molecule has 0 aliphatic heterocycles. The van der Waals surface area contributed by atoms with E-state index < -0.39 is 0 Å². The summed E-state index contributed by atoms with van der Waals surface area (Å²) in [6.45, 7) is 0. The van der Waals surface area contributed by atoms with Gasteiger partial charge in [-0.25, -0.2) is 4.98 Å². The molecule has 6 nitrogen and oxygen atoms in total. The first-order valence-electron chi connectivity index (χ1n) is 21.4. The van der Waals surface area contributed by atoms with E-state index in [9.17, 15) is 0 Å². The highest BCUT2D eigenvalue weighted by atomic mass is 16.3. The lowest BCUT2D eigenvalue weighted by atomic mass is 10.0. The van der Waals surface area contributed by atoms with Gasteiger partial charge in [0, 0.05) is 49.6 Å². The van der Waals surface area contributed by atoms with Crippen molar-refractivity contribution >= 4 is 82.6 Å². The summed E-state index contributed by atoms with van der Waals surface area (Å²) in [7, 11) is 0. The van der Waals surface area contributed by atoms with Gasteiger partial charge >= 0.3 is 0 Å². The zero-order valence-electron chi connectivity index (χ0n) is 33.9. The van der Waals surface area contributed by atoms with E-state index in [0.29, 0.717) is 0 Å². The second-order valence-corrected chi connectivity index (χ2v) is 16.4. The molecule has 0 amide bonds. The molecule has 0 saturated carbocycles. The fourth-order valence-electron chi connectivity index (χ4n) is 10.2. The smallest absolute Gasteiger partial charge is 0.221 e. The maximum atomic E-state index is 6.40. The molecule has 0 N–H and O–H groups in total. The molecular weight excluding hydrogens is 771 g/mol. The number of hydrogen-bond donors (Lipinski definition) is 0. The van der Waals surface area contributed by atoms with Crippen molar-refractivity contribution in [2.24, 2.45) is 0 Å². The van der Waals surface area contributed by atoms with Crippen LogP contribution in [0, 0.1) is 0 Å². The van der Waals surface area contributed by atoms with Crippen LogP contribution in [0.5, 0.6) is 0 Å². The van der Waals surface area contributed by atoms with Crippen LogP contribution in [0.15, 0.2) is 217 Å². The highest BCUT2D eigenvalue weighted by Gasteiger charge is 2.25. The Kier molecular flexibility index (Phi) is 7.02. The van der Waals surface area contributed by atoms with Gasteiger partial charge < -0.3 is 8.98 Å². The Morgan fingerprint density at radius 3 is 1.71 bits per heavy atom. The van der Waals surface area contributed by atoms with Crippen molar-refractivity contribution in [3.05, 3.63) is 212 Å². The third kappa shape index (κ3) is 4.86. The van der Waals surface area contributed by atoms with Gasteiger partial charge in [-0.3, -0.25) is 13.5 Å². The van der Waals surface area contributed by atoms with Gasteiger partial charge in [-0.05, 0) is 95.6 Å². The van der Waals surface area contributed by atoms with E-state index in [0.717, 1.165) is 100 Å². The minimum atomic E-state index is 0.882. The number of furan rings is 1. The van der Waals surface area contributed by atoms with Crippen LogP contribution in [0.1, 0.15) is 0 Å². The maximum Gasteiger partial charge on any atom is 0.221 e. The Bertz CT molecular complexity index is 4130. The Balaban J connectivity index is 0.920. The standard InChI is InChI=1S/C57H35N5O/c1-3-14-39(15-4-1)60-50-24-11-8-20-46(50)54-56(60)62-52-33-29-38(35-48(52)58-57(62)61(54)40-16-5-2-6-17-40)37-28-32-51-47(34-37)43-18-7-10-23-49(43)59(51)41-30-26-36(27-31-41)42-21-13-22-45-44-19-9-12-25-53(44)63-55(42)45/h1-35H. The van der Waals surface area contributed by atoms with Crippen molar-refractivity contribution in [1.29, 1.82) is 0 Å². The summed E-state index contributed by atoms with van der Waals surface area (Å²) in [5.41, 5.74) is 17.3. The molecule has 6 heteroatoms. The fraction of sp³-hybridized carbons (Fsp3) is 0. The van der Waals surface area contributed by atoms with Gasteiger partial charge in [-0.2, -0.15) is 0 Å². The minimum Gasteiger partial charge on any atom is -0.455 e. The zero-order chi connectivity index (χ0) is 41.2. The molecular formula is C57H35N5O. The van der Waals surface area contributed by atoms with E-state index in [1.165, 1.54) is 21.7 Å². The summed E-state index contributed by atoms with van der Waals surface area (Å²) in [4.78, 5) is 5.44. The molecule has 5 heterocycles. The molecule has 5 aromatic heterocycles. The summed E-state index contributed by atoms with van der Waals surface area (Å²) in [6, 6.07) is 75.8. The first kappa shape index (κ1) is 34.1. The van der Waals surface area contributed by atoms with Gasteiger partial charge in [-0.1, -0.05) is 133 Å². The van der Waals surface area contributed by atoms with Crippen molar-refractivity contribution in [3.8, 4) is 39.3 Å². The summed E-state index contributed by atoms with van der Waals surface area (Å²) < 4.78 is 15.8. The van der Waals surface area contributed by atoms with E-state index in [1.54, 1.807) is 0 Å². The van der Waals surface area contributed by atoms with Crippen molar-refractivity contribution in [2.45, 2.75) is 0 Å². The Morgan fingerprint density at radius 2 is 0.937 bits per heavy atom. The number of para-hydroxylation sites is 6. The second kappa shape index (κ2) is 12.9.